The van der Waals surface area contributed by atoms with Gasteiger partial charge >= 0.3 is 0 Å². The third-order valence-corrected chi connectivity index (χ3v) is 16.5. The Morgan fingerprint density at radius 1 is 0.688 bits per heavy atom. The SMILES string of the molecule is CC.CC1(C)O[C@@H]2O[C@@H](C(=O)N3CCOCC3)[C@@H](O)[C@@H]2O1.Cc1ccc(C(O)[C@@H]2O[C@H]3OC(C)(C)O[C@H]3[C@@H]2O)cc1Cc1ccc(-c2cccc(C#N)c2)s1.Cc1ccc(I)cc1Cc1ccc(-c2cccc(C#N)c2)s1. The molecule has 5 saturated heterocycles. The van der Waals surface area contributed by atoms with E-state index < -0.39 is 66.9 Å². The van der Waals surface area contributed by atoms with E-state index in [1.165, 1.54) is 29.3 Å². The number of rotatable bonds is 9. The first-order valence-electron chi connectivity index (χ1n) is 25.8. The standard InChI is InChI=1S/C27H27NO5S.C19H14INS.C12H19NO6.C2H6/c1-15-7-8-18(22(29)24-23(30)25-26(31-24)33-27(2,3)32-25)12-19(15)13-20-9-10-21(34-20)17-6-4-5-16(11-17)14-28;1-13-5-6-17(20)10-16(13)11-18-7-8-19(22-18)15-4-2-3-14(9-15)12-21;1-12(2)18-9-7(14)8(17-11(9)19-12)10(15)13-3-5-16-6-4-13;1-2/h4-12,22-26,29-30H,13H2,1-3H3;2-10H,11H2,1H3;7-9,11,14H,3-6H2,1-2H3;1-2H3/t22?,23-,24+,25+,26+;;7-,8-,9+,11+;/m1.1./s1. The van der Waals surface area contributed by atoms with Crippen molar-refractivity contribution in [1.29, 1.82) is 10.5 Å². The van der Waals surface area contributed by atoms with Gasteiger partial charge in [-0.3, -0.25) is 4.79 Å². The summed E-state index contributed by atoms with van der Waals surface area (Å²) in [4.78, 5) is 18.8. The number of aliphatic hydroxyl groups is 3. The van der Waals surface area contributed by atoms with Gasteiger partial charge in [0.05, 0.1) is 36.5 Å². The Morgan fingerprint density at radius 2 is 1.19 bits per heavy atom. The van der Waals surface area contributed by atoms with Crippen LogP contribution in [0, 0.1) is 40.1 Å². The molecule has 406 valence electrons. The number of amides is 1. The van der Waals surface area contributed by atoms with Gasteiger partial charge in [-0.05, 0) is 164 Å². The summed E-state index contributed by atoms with van der Waals surface area (Å²) in [6, 6.07) is 40.7. The molecule has 0 spiro atoms. The molecule has 3 N–H and O–H groups in total. The molecule has 7 heterocycles. The first-order chi connectivity index (χ1) is 36.9. The monoisotopic (exact) mass is 1200 g/mol. The van der Waals surface area contributed by atoms with Gasteiger partial charge in [-0.1, -0.05) is 62.4 Å². The lowest BCUT2D eigenvalue weighted by Crippen LogP contribution is -2.50. The van der Waals surface area contributed by atoms with Crippen LogP contribution in [0.3, 0.4) is 0 Å². The van der Waals surface area contributed by atoms with Crippen LogP contribution in [0.15, 0.2) is 109 Å². The molecule has 11 rings (SSSR count). The van der Waals surface area contributed by atoms with E-state index in [0.29, 0.717) is 43.0 Å². The predicted octanol–water partition coefficient (Wildman–Crippen LogP) is 10.4. The second-order valence-electron chi connectivity index (χ2n) is 20.0. The molecule has 0 saturated carbocycles. The molecule has 0 aliphatic carbocycles. The molecule has 14 nitrogen and oxygen atoms in total. The Labute approximate surface area is 472 Å². The van der Waals surface area contributed by atoms with Gasteiger partial charge in [0, 0.05) is 49.0 Å². The number of halogens is 1. The number of benzene rings is 4. The van der Waals surface area contributed by atoms with Crippen LogP contribution in [0.1, 0.15) is 96.3 Å². The number of aryl methyl sites for hydroxylation is 2. The van der Waals surface area contributed by atoms with Gasteiger partial charge in [0.1, 0.15) is 36.6 Å². The lowest BCUT2D eigenvalue weighted by Gasteiger charge is -2.30. The van der Waals surface area contributed by atoms with Crippen LogP contribution in [0.25, 0.3) is 20.9 Å². The molecular formula is C60H66IN3O11S2. The second kappa shape index (κ2) is 25.5. The molecule has 17 heteroatoms. The van der Waals surface area contributed by atoms with E-state index >= 15 is 0 Å². The molecule has 5 fully saturated rings. The highest BCUT2D eigenvalue weighted by atomic mass is 127. The van der Waals surface area contributed by atoms with Crippen molar-refractivity contribution < 1.29 is 53.3 Å². The first-order valence-corrected chi connectivity index (χ1v) is 28.5. The highest BCUT2D eigenvalue weighted by Crippen LogP contribution is 2.42. The fourth-order valence-corrected chi connectivity index (χ4v) is 12.2. The number of carbonyl (C=O) groups is 1. The predicted molar refractivity (Wildman–Crippen MR) is 303 cm³/mol. The van der Waals surface area contributed by atoms with E-state index in [1.807, 2.05) is 75.4 Å². The first kappa shape index (κ1) is 58.2. The molecule has 0 bridgehead atoms. The second-order valence-corrected chi connectivity index (χ2v) is 23.6. The van der Waals surface area contributed by atoms with Gasteiger partial charge in [0.25, 0.3) is 5.91 Å². The van der Waals surface area contributed by atoms with Crippen LogP contribution in [-0.4, -0.2) is 113 Å². The van der Waals surface area contributed by atoms with Gasteiger partial charge < -0.3 is 53.4 Å². The number of hydrogen-bond acceptors (Lipinski definition) is 15. The number of morpholine rings is 1. The average molecular weight is 1200 g/mol. The molecule has 5 aliphatic heterocycles. The van der Waals surface area contributed by atoms with Crippen molar-refractivity contribution in [3.63, 3.8) is 0 Å². The summed E-state index contributed by atoms with van der Waals surface area (Å²) < 4.78 is 40.4. The Morgan fingerprint density at radius 3 is 1.71 bits per heavy atom. The number of nitriles is 2. The highest BCUT2D eigenvalue weighted by Gasteiger charge is 2.58. The maximum absolute atomic E-state index is 12.3. The Balaban J connectivity index is 0.000000158. The van der Waals surface area contributed by atoms with Crippen molar-refractivity contribution in [3.8, 4) is 33.0 Å². The zero-order valence-electron chi connectivity index (χ0n) is 44.5. The number of fused-ring (bicyclic) bond motifs is 2. The van der Waals surface area contributed by atoms with Crippen molar-refractivity contribution in [2.24, 2.45) is 0 Å². The third-order valence-electron chi connectivity index (χ3n) is 13.6. The van der Waals surface area contributed by atoms with E-state index in [-0.39, 0.29) is 5.91 Å². The third kappa shape index (κ3) is 14.1. The van der Waals surface area contributed by atoms with Gasteiger partial charge in [-0.15, -0.1) is 22.7 Å². The van der Waals surface area contributed by atoms with Gasteiger partial charge in [-0.25, -0.2) is 0 Å². The fourth-order valence-electron chi connectivity index (χ4n) is 9.64. The molecule has 1 unspecified atom stereocenters. The molecule has 6 aromatic rings. The molecule has 1 amide bonds. The quantitative estimate of drug-likeness (QED) is 0.116. The van der Waals surface area contributed by atoms with E-state index in [2.05, 4.69) is 90.2 Å². The number of nitrogens with zero attached hydrogens (tertiary/aromatic N) is 3. The Bertz CT molecular complexity index is 3090. The van der Waals surface area contributed by atoms with Gasteiger partial charge in [0.15, 0.2) is 30.3 Å². The zero-order valence-corrected chi connectivity index (χ0v) is 48.3. The minimum Gasteiger partial charge on any atom is -0.387 e. The van der Waals surface area contributed by atoms with Crippen molar-refractivity contribution >= 4 is 51.2 Å². The molecule has 77 heavy (non-hydrogen) atoms. The average Bonchev–Trinajstić information content (AvgIpc) is 4.32. The van der Waals surface area contributed by atoms with Crippen LogP contribution < -0.4 is 0 Å². The molecule has 4 aromatic carbocycles. The highest BCUT2D eigenvalue weighted by molar-refractivity contribution is 14.1. The maximum Gasteiger partial charge on any atom is 0.254 e. The van der Waals surface area contributed by atoms with Gasteiger partial charge in [0.2, 0.25) is 0 Å². The topological polar surface area (TPSA) is 193 Å². The van der Waals surface area contributed by atoms with Crippen molar-refractivity contribution in [3.05, 3.63) is 161 Å². The minimum atomic E-state index is -1.01. The maximum atomic E-state index is 12.3. The van der Waals surface area contributed by atoms with E-state index in [4.69, 9.17) is 43.7 Å². The smallest absolute Gasteiger partial charge is 0.254 e. The zero-order chi connectivity index (χ0) is 55.2. The Hall–Kier alpha value is -4.94. The largest absolute Gasteiger partial charge is 0.387 e. The number of carbonyl (C=O) groups excluding carboxylic acids is 1. The summed E-state index contributed by atoms with van der Waals surface area (Å²) in [5.41, 5.74) is 9.12. The fraction of sp³-hybridized carbons (Fsp3) is 0.417. The van der Waals surface area contributed by atoms with Crippen LogP contribution >= 0.6 is 45.3 Å². The Kier molecular flexibility index (Phi) is 19.2. The number of aliphatic hydroxyl groups excluding tert-OH is 3. The summed E-state index contributed by atoms with van der Waals surface area (Å²) in [6.45, 7) is 17.3. The van der Waals surface area contributed by atoms with E-state index in [9.17, 15) is 20.1 Å². The number of ether oxygens (including phenoxy) is 7. The molecule has 9 atom stereocenters. The number of hydrogen-bond donors (Lipinski definition) is 3. The van der Waals surface area contributed by atoms with Gasteiger partial charge in [-0.2, -0.15) is 10.5 Å². The lowest BCUT2D eigenvalue weighted by atomic mass is 9.94. The van der Waals surface area contributed by atoms with Crippen LogP contribution in [0.5, 0.6) is 0 Å². The minimum absolute atomic E-state index is 0.227. The van der Waals surface area contributed by atoms with Crippen molar-refractivity contribution in [2.75, 3.05) is 26.3 Å². The van der Waals surface area contributed by atoms with Crippen molar-refractivity contribution in [1.82, 2.24) is 4.90 Å². The molecule has 2 aromatic heterocycles. The number of thiophene rings is 2. The summed E-state index contributed by atoms with van der Waals surface area (Å²) in [6.07, 6.45) is -5.67. The summed E-state index contributed by atoms with van der Waals surface area (Å²) in [5.74, 6) is -1.84. The molecule has 5 aliphatic rings. The van der Waals surface area contributed by atoms with Crippen molar-refractivity contribution in [2.45, 2.75) is 135 Å². The normalized spacial score (nSPS) is 24.8. The van der Waals surface area contributed by atoms with Crippen LogP contribution in [-0.2, 0) is 50.8 Å². The van der Waals surface area contributed by atoms with Crippen LogP contribution in [0.2, 0.25) is 0 Å². The summed E-state index contributed by atoms with van der Waals surface area (Å²) in [5, 5.41) is 50.1. The lowest BCUT2D eigenvalue weighted by molar-refractivity contribution is -0.226. The van der Waals surface area contributed by atoms with Crippen LogP contribution in [0.4, 0.5) is 0 Å². The van der Waals surface area contributed by atoms with E-state index in [0.717, 1.165) is 40.0 Å². The summed E-state index contributed by atoms with van der Waals surface area (Å²) >= 11 is 5.85. The van der Waals surface area contributed by atoms with E-state index in [1.54, 1.807) is 61.3 Å². The molecule has 0 radical (unpaired) electrons. The summed E-state index contributed by atoms with van der Waals surface area (Å²) in [7, 11) is 0. The molecular weight excluding hydrogens is 1130 g/mol.